The molecule has 4 aliphatic rings. The maximum absolute atomic E-state index is 13.7. The molecule has 56 heavy (non-hydrogen) atoms. The third kappa shape index (κ3) is 6.65. The monoisotopic (exact) mass is 775 g/mol. The number of rotatable bonds is 7. The molecule has 9 rings (SSSR count). The van der Waals surface area contributed by atoms with Gasteiger partial charge in [-0.25, -0.2) is 9.97 Å². The third-order valence-electron chi connectivity index (χ3n) is 11.8. The summed E-state index contributed by atoms with van der Waals surface area (Å²) in [5.74, 6) is 0.775. The normalized spacial score (nSPS) is 19.8. The van der Waals surface area contributed by atoms with Crippen LogP contribution in [0.2, 0.25) is 5.02 Å². The van der Waals surface area contributed by atoms with Gasteiger partial charge < -0.3 is 24.4 Å². The van der Waals surface area contributed by atoms with Gasteiger partial charge in [0.15, 0.2) is 11.4 Å². The number of aryl methyl sites for hydroxylation is 2. The number of imide groups is 1. The minimum absolute atomic E-state index is 0.0713. The predicted octanol–water partition coefficient (Wildman–Crippen LogP) is 5.22. The summed E-state index contributed by atoms with van der Waals surface area (Å²) in [5, 5.41) is 7.18. The molecule has 1 spiro atoms. The Labute approximate surface area is 328 Å². The fraction of sp³-hybridized carbons (Fsp3) is 0.390. The highest BCUT2D eigenvalue weighted by molar-refractivity contribution is 6.32. The number of nitrogens with zero attached hydrogens (tertiary/aromatic N) is 7. The SMILES string of the molecule is Cc1nn(C)cc1-c1nc2ncc(Cl)c(Oc3ccc(C(=O)N4CCC(C(=O)N5CCC6(C5)CN(c5cccc([C@@H]7CCC(=O)NC7=O)c5)C6)CC4)cc3)c2[nH]1. The molecule has 0 aliphatic carbocycles. The lowest BCUT2D eigenvalue weighted by atomic mass is 9.78. The summed E-state index contributed by atoms with van der Waals surface area (Å²) in [7, 11) is 1.85. The Morgan fingerprint density at radius 1 is 0.982 bits per heavy atom. The van der Waals surface area contributed by atoms with Gasteiger partial charge in [-0.05, 0) is 74.6 Å². The fourth-order valence-corrected chi connectivity index (χ4v) is 8.98. The molecular weight excluding hydrogens is 734 g/mol. The molecule has 0 radical (unpaired) electrons. The van der Waals surface area contributed by atoms with Gasteiger partial charge in [-0.1, -0.05) is 23.7 Å². The molecule has 0 saturated carbocycles. The van der Waals surface area contributed by atoms with E-state index in [2.05, 4.69) is 42.4 Å². The third-order valence-corrected chi connectivity index (χ3v) is 12.1. The average molecular weight is 776 g/mol. The maximum atomic E-state index is 13.7. The number of hydrogen-bond acceptors (Lipinski definition) is 9. The van der Waals surface area contributed by atoms with Gasteiger partial charge >= 0.3 is 0 Å². The van der Waals surface area contributed by atoms with Gasteiger partial charge in [-0.3, -0.25) is 29.2 Å². The number of fused-ring (bicyclic) bond motifs is 1. The molecule has 3 aromatic heterocycles. The maximum Gasteiger partial charge on any atom is 0.253 e. The fourth-order valence-electron chi connectivity index (χ4n) is 8.80. The van der Waals surface area contributed by atoms with Gasteiger partial charge in [0, 0.05) is 81.5 Å². The van der Waals surface area contributed by atoms with Gasteiger partial charge in [-0.2, -0.15) is 5.10 Å². The number of carbonyl (C=O) groups excluding carboxylic acids is 4. The number of H-pyrrole nitrogens is 1. The highest BCUT2D eigenvalue weighted by atomic mass is 35.5. The lowest BCUT2D eigenvalue weighted by molar-refractivity contribution is -0.136. The number of likely N-dealkylation sites (tertiary alicyclic amines) is 2. The summed E-state index contributed by atoms with van der Waals surface area (Å²) in [6.07, 6.45) is 6.50. The molecule has 15 heteroatoms. The standard InChI is InChI=1S/C41H42ClN9O5/c1-24-31(20-48(2)47-24)36-45-34-35(32(42)19-43-37(34)46-36)56-29-8-6-25(7-9-29)39(54)49-15-12-26(13-16-49)40(55)50-17-14-41(21-50)22-51(23-41)28-5-3-4-27(18-28)30-10-11-33(52)44-38(30)53/h3-9,18-20,26,30H,10-17,21-23H2,1-2H3,(H,43,45,46)(H,44,52,53)/t30-/m0/s1. The van der Waals surface area contributed by atoms with Crippen molar-refractivity contribution >= 4 is 52.1 Å². The molecule has 288 valence electrons. The van der Waals surface area contributed by atoms with Gasteiger partial charge in [0.05, 0.1) is 23.4 Å². The van der Waals surface area contributed by atoms with Crippen LogP contribution >= 0.6 is 11.6 Å². The first-order valence-corrected chi connectivity index (χ1v) is 19.5. The first-order valence-electron chi connectivity index (χ1n) is 19.1. The Bertz CT molecular complexity index is 2380. The number of piperidine rings is 2. The Morgan fingerprint density at radius 2 is 1.77 bits per heavy atom. The molecule has 1 atom stereocenters. The van der Waals surface area contributed by atoms with E-state index in [-0.39, 0.29) is 40.9 Å². The van der Waals surface area contributed by atoms with Crippen LogP contribution in [0, 0.1) is 18.3 Å². The zero-order valence-electron chi connectivity index (χ0n) is 31.3. The number of benzene rings is 2. The van der Waals surface area contributed by atoms with E-state index in [0.717, 1.165) is 55.1 Å². The van der Waals surface area contributed by atoms with Crippen LogP contribution in [-0.4, -0.2) is 97.4 Å². The van der Waals surface area contributed by atoms with Crippen LogP contribution in [0.5, 0.6) is 11.5 Å². The summed E-state index contributed by atoms with van der Waals surface area (Å²) in [5.41, 5.74) is 5.31. The number of aromatic nitrogens is 5. The van der Waals surface area contributed by atoms with Crippen LogP contribution in [0.1, 0.15) is 59.6 Å². The van der Waals surface area contributed by atoms with Crippen molar-refractivity contribution in [2.75, 3.05) is 44.2 Å². The van der Waals surface area contributed by atoms with Crippen molar-refractivity contribution in [1.29, 1.82) is 0 Å². The molecule has 2 aromatic carbocycles. The quantitative estimate of drug-likeness (QED) is 0.212. The summed E-state index contributed by atoms with van der Waals surface area (Å²) < 4.78 is 7.94. The number of pyridine rings is 1. The lowest BCUT2D eigenvalue weighted by Crippen LogP contribution is -2.58. The van der Waals surface area contributed by atoms with E-state index >= 15 is 0 Å². The minimum atomic E-state index is -0.310. The number of hydrogen-bond donors (Lipinski definition) is 2. The molecule has 4 aliphatic heterocycles. The molecule has 5 aromatic rings. The van der Waals surface area contributed by atoms with E-state index in [0.29, 0.717) is 77.8 Å². The molecule has 0 unspecified atom stereocenters. The van der Waals surface area contributed by atoms with Crippen LogP contribution in [0.3, 0.4) is 0 Å². The van der Waals surface area contributed by atoms with Crippen LogP contribution in [0.15, 0.2) is 60.9 Å². The number of anilines is 1. The van der Waals surface area contributed by atoms with Crippen molar-refractivity contribution in [3.05, 3.63) is 82.8 Å². The van der Waals surface area contributed by atoms with E-state index in [1.165, 1.54) is 6.20 Å². The van der Waals surface area contributed by atoms with Gasteiger partial charge in [0.2, 0.25) is 17.7 Å². The largest absolute Gasteiger partial charge is 0.453 e. The minimum Gasteiger partial charge on any atom is -0.453 e. The Morgan fingerprint density at radius 3 is 2.50 bits per heavy atom. The Kier molecular flexibility index (Phi) is 9.02. The van der Waals surface area contributed by atoms with Crippen molar-refractivity contribution in [2.45, 2.75) is 44.9 Å². The Balaban J connectivity index is 0.773. The highest BCUT2D eigenvalue weighted by Crippen LogP contribution is 2.43. The van der Waals surface area contributed by atoms with E-state index < -0.39 is 0 Å². The number of halogens is 1. The summed E-state index contributed by atoms with van der Waals surface area (Å²) in [6, 6.07) is 15.0. The second kappa shape index (κ2) is 14.1. The predicted molar refractivity (Wildman–Crippen MR) is 208 cm³/mol. The topological polar surface area (TPSA) is 159 Å². The number of carbonyl (C=O) groups is 4. The zero-order valence-corrected chi connectivity index (χ0v) is 32.0. The van der Waals surface area contributed by atoms with E-state index in [4.69, 9.17) is 16.3 Å². The smallest absolute Gasteiger partial charge is 0.253 e. The number of nitrogens with one attached hydrogen (secondary N) is 2. The number of aromatic amines is 1. The number of ether oxygens (including phenoxy) is 1. The molecule has 4 saturated heterocycles. The molecule has 2 N–H and O–H groups in total. The molecule has 7 heterocycles. The van der Waals surface area contributed by atoms with E-state index in [1.54, 1.807) is 28.9 Å². The molecular formula is C41H42ClN9O5. The molecule has 4 amide bonds. The summed E-state index contributed by atoms with van der Waals surface area (Å²) >= 11 is 6.53. The van der Waals surface area contributed by atoms with E-state index in [9.17, 15) is 19.2 Å². The van der Waals surface area contributed by atoms with Crippen LogP contribution < -0.4 is 15.0 Å². The van der Waals surface area contributed by atoms with Gasteiger partial charge in [0.25, 0.3) is 5.91 Å². The average Bonchev–Trinajstić information content (AvgIpc) is 3.92. The molecule has 14 nitrogen and oxygen atoms in total. The Hall–Kier alpha value is -5.76. The van der Waals surface area contributed by atoms with Crippen molar-refractivity contribution in [2.24, 2.45) is 18.4 Å². The summed E-state index contributed by atoms with van der Waals surface area (Å²) in [4.78, 5) is 69.7. The first kappa shape index (κ1) is 35.9. The lowest BCUT2D eigenvalue weighted by Gasteiger charge is -2.49. The van der Waals surface area contributed by atoms with Crippen molar-refractivity contribution in [3.8, 4) is 22.9 Å². The number of imidazole rings is 1. The van der Waals surface area contributed by atoms with Gasteiger partial charge in [0.1, 0.15) is 22.1 Å². The van der Waals surface area contributed by atoms with Crippen molar-refractivity contribution in [3.63, 3.8) is 0 Å². The van der Waals surface area contributed by atoms with Crippen LogP contribution in [0.4, 0.5) is 5.69 Å². The highest BCUT2D eigenvalue weighted by Gasteiger charge is 2.49. The van der Waals surface area contributed by atoms with Crippen LogP contribution in [0.25, 0.3) is 22.6 Å². The van der Waals surface area contributed by atoms with Crippen molar-refractivity contribution < 1.29 is 23.9 Å². The molecule has 0 bridgehead atoms. The van der Waals surface area contributed by atoms with E-state index in [1.807, 2.05) is 42.1 Å². The number of amides is 4. The van der Waals surface area contributed by atoms with Gasteiger partial charge in [-0.15, -0.1) is 0 Å². The van der Waals surface area contributed by atoms with Crippen molar-refractivity contribution in [1.82, 2.24) is 39.8 Å². The first-order chi connectivity index (χ1) is 27.0. The zero-order chi connectivity index (χ0) is 38.7. The second-order valence-corrected chi connectivity index (χ2v) is 16.1. The molecule has 4 fully saturated rings. The second-order valence-electron chi connectivity index (χ2n) is 15.7. The summed E-state index contributed by atoms with van der Waals surface area (Å²) in [6.45, 7) is 6.17. The van der Waals surface area contributed by atoms with Crippen LogP contribution in [-0.2, 0) is 21.4 Å².